The molecule has 0 aliphatic heterocycles. The number of aromatic amines is 1. The van der Waals surface area contributed by atoms with E-state index in [9.17, 15) is 9.59 Å². The molecule has 0 saturated carbocycles. The molecule has 0 unspecified atom stereocenters. The van der Waals surface area contributed by atoms with Gasteiger partial charge in [0.05, 0.1) is 6.54 Å². The van der Waals surface area contributed by atoms with Crippen LogP contribution in [0.3, 0.4) is 0 Å². The number of amides is 2. The molecule has 0 aromatic carbocycles. The van der Waals surface area contributed by atoms with E-state index in [1.54, 1.807) is 6.92 Å². The van der Waals surface area contributed by atoms with Gasteiger partial charge in [-0.25, -0.2) is 9.78 Å². The first-order chi connectivity index (χ1) is 7.49. The smallest absolute Gasteiger partial charge is 0.323 e. The number of H-pyrrole nitrogens is 1. The Morgan fingerprint density at radius 3 is 2.75 bits per heavy atom. The zero-order chi connectivity index (χ0) is 12.1. The maximum atomic E-state index is 11.3. The lowest BCUT2D eigenvalue weighted by atomic mass is 10.5. The number of hydrogen-bond donors (Lipinski definition) is 3. The van der Waals surface area contributed by atoms with Gasteiger partial charge in [0.25, 0.3) is 0 Å². The molecule has 0 spiro atoms. The van der Waals surface area contributed by atoms with Crippen molar-refractivity contribution in [1.82, 2.24) is 25.4 Å². The van der Waals surface area contributed by atoms with Gasteiger partial charge in [-0.3, -0.25) is 9.89 Å². The topological polar surface area (TPSA) is 111 Å². The minimum Gasteiger partial charge on any atom is -0.480 e. The number of hydrogen-bond acceptors (Lipinski definition) is 4. The Morgan fingerprint density at radius 2 is 2.25 bits per heavy atom. The fraction of sp³-hybridized carbons (Fsp3) is 0.500. The van der Waals surface area contributed by atoms with E-state index in [-0.39, 0.29) is 6.54 Å². The number of nitrogens with one attached hydrogen (secondary N) is 2. The van der Waals surface area contributed by atoms with Gasteiger partial charge in [-0.15, -0.1) is 0 Å². The number of carboxylic acid groups (broad SMARTS) is 1. The maximum Gasteiger partial charge on any atom is 0.323 e. The summed E-state index contributed by atoms with van der Waals surface area (Å²) >= 11 is 0. The molecule has 0 radical (unpaired) electrons. The SMILES string of the molecule is Cc1nc(CN(C)C(=O)NCC(=O)O)n[nH]1. The summed E-state index contributed by atoms with van der Waals surface area (Å²) in [5.41, 5.74) is 0. The third-order valence-electron chi connectivity index (χ3n) is 1.76. The van der Waals surface area contributed by atoms with E-state index in [2.05, 4.69) is 20.5 Å². The average Bonchev–Trinajstić information content (AvgIpc) is 2.60. The van der Waals surface area contributed by atoms with Crippen LogP contribution in [0.25, 0.3) is 0 Å². The molecule has 0 saturated heterocycles. The van der Waals surface area contributed by atoms with Crippen LogP contribution in [0.4, 0.5) is 4.79 Å². The van der Waals surface area contributed by atoms with Crippen molar-refractivity contribution in [2.75, 3.05) is 13.6 Å². The first-order valence-corrected chi connectivity index (χ1v) is 4.57. The van der Waals surface area contributed by atoms with Gasteiger partial charge in [-0.05, 0) is 6.92 Å². The highest BCUT2D eigenvalue weighted by Gasteiger charge is 2.11. The first kappa shape index (κ1) is 12.0. The zero-order valence-corrected chi connectivity index (χ0v) is 9.02. The standard InChI is InChI=1S/C8H13N5O3/c1-5-10-6(12-11-5)4-13(2)8(16)9-3-7(14)15/h3-4H2,1-2H3,(H,9,16)(H,14,15)(H,10,11,12). The van der Waals surface area contributed by atoms with E-state index >= 15 is 0 Å². The van der Waals surface area contributed by atoms with E-state index in [0.29, 0.717) is 11.6 Å². The van der Waals surface area contributed by atoms with Crippen molar-refractivity contribution >= 4 is 12.0 Å². The molecule has 0 atom stereocenters. The second kappa shape index (κ2) is 5.10. The van der Waals surface area contributed by atoms with E-state index in [1.807, 2.05) is 0 Å². The van der Waals surface area contributed by atoms with Crippen LogP contribution in [-0.4, -0.2) is 50.8 Å². The number of rotatable bonds is 4. The summed E-state index contributed by atoms with van der Waals surface area (Å²) < 4.78 is 0. The van der Waals surface area contributed by atoms with E-state index in [0.717, 1.165) is 0 Å². The van der Waals surface area contributed by atoms with Crippen molar-refractivity contribution in [2.45, 2.75) is 13.5 Å². The number of aryl methyl sites for hydroxylation is 1. The second-order valence-corrected chi connectivity index (χ2v) is 3.25. The third-order valence-corrected chi connectivity index (χ3v) is 1.76. The molecule has 8 nitrogen and oxygen atoms in total. The van der Waals surface area contributed by atoms with E-state index in [1.165, 1.54) is 11.9 Å². The number of carbonyl (C=O) groups is 2. The van der Waals surface area contributed by atoms with Gasteiger partial charge >= 0.3 is 12.0 Å². The lowest BCUT2D eigenvalue weighted by Crippen LogP contribution is -2.39. The van der Waals surface area contributed by atoms with Crippen molar-refractivity contribution in [2.24, 2.45) is 0 Å². The van der Waals surface area contributed by atoms with Gasteiger partial charge in [0.2, 0.25) is 0 Å². The molecule has 1 heterocycles. The minimum atomic E-state index is -1.09. The zero-order valence-electron chi connectivity index (χ0n) is 9.02. The van der Waals surface area contributed by atoms with Crippen molar-refractivity contribution in [3.8, 4) is 0 Å². The van der Waals surface area contributed by atoms with E-state index in [4.69, 9.17) is 5.11 Å². The molecule has 0 bridgehead atoms. The summed E-state index contributed by atoms with van der Waals surface area (Å²) in [7, 11) is 1.53. The fourth-order valence-corrected chi connectivity index (χ4v) is 1.03. The van der Waals surface area contributed by atoms with Crippen molar-refractivity contribution in [3.63, 3.8) is 0 Å². The molecule has 2 amide bonds. The van der Waals surface area contributed by atoms with Crippen molar-refractivity contribution < 1.29 is 14.7 Å². The highest BCUT2D eigenvalue weighted by atomic mass is 16.4. The molecule has 88 valence electrons. The molecular weight excluding hydrogens is 214 g/mol. The average molecular weight is 227 g/mol. The summed E-state index contributed by atoms with van der Waals surface area (Å²) in [5, 5.41) is 17.1. The van der Waals surface area contributed by atoms with Gasteiger partial charge in [-0.1, -0.05) is 0 Å². The summed E-state index contributed by atoms with van der Waals surface area (Å²) in [6.07, 6.45) is 0. The third kappa shape index (κ3) is 3.56. The number of nitrogens with zero attached hydrogens (tertiary/aromatic N) is 3. The van der Waals surface area contributed by atoms with E-state index < -0.39 is 18.5 Å². The largest absolute Gasteiger partial charge is 0.480 e. The summed E-state index contributed by atoms with van der Waals surface area (Å²) in [6, 6.07) is -0.482. The quantitative estimate of drug-likeness (QED) is 0.632. The maximum absolute atomic E-state index is 11.3. The normalized spacial score (nSPS) is 9.88. The molecule has 1 aromatic rings. The number of carbonyl (C=O) groups excluding carboxylic acids is 1. The molecule has 8 heteroatoms. The van der Waals surface area contributed by atoms with Crippen LogP contribution in [0.5, 0.6) is 0 Å². The molecule has 0 fully saturated rings. The Kier molecular flexibility index (Phi) is 3.81. The monoisotopic (exact) mass is 227 g/mol. The molecule has 1 rings (SSSR count). The van der Waals surface area contributed by atoms with Crippen LogP contribution in [0.2, 0.25) is 0 Å². The number of carboxylic acids is 1. The second-order valence-electron chi connectivity index (χ2n) is 3.25. The Labute approximate surface area is 91.7 Å². The Hall–Kier alpha value is -2.12. The lowest BCUT2D eigenvalue weighted by molar-refractivity contribution is -0.135. The summed E-state index contributed by atoms with van der Waals surface area (Å²) in [6.45, 7) is 1.56. The van der Waals surface area contributed by atoms with Gasteiger partial charge in [0, 0.05) is 7.05 Å². The number of aliphatic carboxylic acids is 1. The Balaban J connectivity index is 2.42. The highest BCUT2D eigenvalue weighted by Crippen LogP contribution is 1.96. The number of urea groups is 1. The summed E-state index contributed by atoms with van der Waals surface area (Å²) in [4.78, 5) is 26.9. The Morgan fingerprint density at radius 1 is 1.56 bits per heavy atom. The van der Waals surface area contributed by atoms with Gasteiger partial charge in [-0.2, -0.15) is 5.10 Å². The molecule has 1 aromatic heterocycles. The van der Waals surface area contributed by atoms with Gasteiger partial charge in [0.1, 0.15) is 12.4 Å². The van der Waals surface area contributed by atoms with Gasteiger partial charge in [0.15, 0.2) is 5.82 Å². The first-order valence-electron chi connectivity index (χ1n) is 4.57. The van der Waals surface area contributed by atoms with Gasteiger partial charge < -0.3 is 15.3 Å². The van der Waals surface area contributed by atoms with Crippen molar-refractivity contribution in [1.29, 1.82) is 0 Å². The van der Waals surface area contributed by atoms with Crippen molar-refractivity contribution in [3.05, 3.63) is 11.6 Å². The van der Waals surface area contributed by atoms with Crippen LogP contribution < -0.4 is 5.32 Å². The summed E-state index contributed by atoms with van der Waals surface area (Å²) in [5.74, 6) is 0.0512. The molecule has 0 aliphatic rings. The predicted octanol–water partition coefficient (Wildman–Crippen LogP) is -0.661. The Bertz CT molecular complexity index is 389. The predicted molar refractivity (Wildman–Crippen MR) is 53.6 cm³/mol. The van der Waals surface area contributed by atoms with Crippen LogP contribution in [-0.2, 0) is 11.3 Å². The van der Waals surface area contributed by atoms with Crippen LogP contribution in [0.15, 0.2) is 0 Å². The molecule has 0 aliphatic carbocycles. The van der Waals surface area contributed by atoms with Crippen LogP contribution in [0.1, 0.15) is 11.6 Å². The minimum absolute atomic E-state index is 0.218. The van der Waals surface area contributed by atoms with Crippen LogP contribution >= 0.6 is 0 Å². The fourth-order valence-electron chi connectivity index (χ4n) is 1.03. The lowest BCUT2D eigenvalue weighted by Gasteiger charge is -2.14. The highest BCUT2D eigenvalue weighted by molar-refractivity contribution is 5.79. The molecule has 3 N–H and O–H groups in total. The number of aromatic nitrogens is 3. The van der Waals surface area contributed by atoms with Crippen LogP contribution in [0, 0.1) is 6.92 Å². The molecular formula is C8H13N5O3. The molecule has 16 heavy (non-hydrogen) atoms.